The number of hydrogen-bond donors (Lipinski definition) is 1. The summed E-state index contributed by atoms with van der Waals surface area (Å²) in [5.74, 6) is 6.03. The maximum Gasteiger partial charge on any atom is 0.123 e. The van der Waals surface area contributed by atoms with E-state index in [9.17, 15) is 5.11 Å². The van der Waals surface area contributed by atoms with E-state index >= 15 is 0 Å². The largest absolute Gasteiger partial charge is 0.389 e. The molecule has 0 spiro atoms. The van der Waals surface area contributed by atoms with Crippen molar-refractivity contribution < 1.29 is 9.84 Å². The molecule has 3 heteroatoms. The Morgan fingerprint density at radius 1 is 1.64 bits per heavy atom. The topological polar surface area (TPSA) is 29.5 Å². The monoisotopic (exact) mass is 216 g/mol. The molecule has 1 N–H and O–H groups in total. The van der Waals surface area contributed by atoms with Crippen LogP contribution in [0.25, 0.3) is 0 Å². The molecular formula is C11H17ClO2. The van der Waals surface area contributed by atoms with Crippen molar-refractivity contribution >= 4 is 11.6 Å². The molecule has 0 amide bonds. The molecule has 0 aromatic heterocycles. The highest BCUT2D eigenvalue weighted by Crippen LogP contribution is 2.08. The molecule has 2 nitrogen and oxygen atoms in total. The highest BCUT2D eigenvalue weighted by Gasteiger charge is 2.16. The predicted molar refractivity (Wildman–Crippen MR) is 59.3 cm³/mol. The van der Waals surface area contributed by atoms with Gasteiger partial charge in [0.25, 0.3) is 0 Å². The van der Waals surface area contributed by atoms with E-state index in [0.29, 0.717) is 6.42 Å². The van der Waals surface area contributed by atoms with Crippen molar-refractivity contribution in [3.8, 4) is 11.8 Å². The fourth-order valence-corrected chi connectivity index (χ4v) is 0.810. The lowest BCUT2D eigenvalue weighted by Crippen LogP contribution is -2.28. The summed E-state index contributed by atoms with van der Waals surface area (Å²) < 4.78 is 5.39. The number of alkyl halides is 1. The van der Waals surface area contributed by atoms with Gasteiger partial charge in [0.1, 0.15) is 5.60 Å². The fourth-order valence-electron chi connectivity index (χ4n) is 0.721. The Bertz CT molecular complexity index is 225. The summed E-state index contributed by atoms with van der Waals surface area (Å²) in [4.78, 5) is 0. The normalized spacial score (nSPS) is 12.9. The molecule has 0 fully saturated rings. The van der Waals surface area contributed by atoms with Crippen molar-refractivity contribution in [2.45, 2.75) is 32.0 Å². The number of halogens is 1. The van der Waals surface area contributed by atoms with Crippen molar-refractivity contribution in [1.29, 1.82) is 0 Å². The summed E-state index contributed by atoms with van der Waals surface area (Å²) in [7, 11) is 0. The van der Waals surface area contributed by atoms with Crippen LogP contribution >= 0.6 is 11.6 Å². The van der Waals surface area contributed by atoms with E-state index in [1.165, 1.54) is 0 Å². The zero-order valence-corrected chi connectivity index (χ0v) is 9.47. The summed E-state index contributed by atoms with van der Waals surface area (Å²) >= 11 is 5.43. The summed E-state index contributed by atoms with van der Waals surface area (Å²) in [6.07, 6.45) is 1.75. The molecule has 0 saturated carbocycles. The van der Waals surface area contributed by atoms with Crippen molar-refractivity contribution in [3.63, 3.8) is 0 Å². The predicted octanol–water partition coefficient (Wildman–Crippen LogP) is 1.96. The zero-order chi connectivity index (χ0) is 11.0. The van der Waals surface area contributed by atoms with Gasteiger partial charge < -0.3 is 9.84 Å². The Balaban J connectivity index is 3.95. The number of aliphatic hydroxyl groups excluding tert-OH is 1. The molecule has 1 atom stereocenters. The molecular weight excluding hydrogens is 200 g/mol. The number of aliphatic hydroxyl groups is 1. The zero-order valence-electron chi connectivity index (χ0n) is 8.72. The van der Waals surface area contributed by atoms with Crippen LogP contribution in [0.3, 0.4) is 0 Å². The van der Waals surface area contributed by atoms with Crippen molar-refractivity contribution in [1.82, 2.24) is 0 Å². The standard InChI is InChI=1S/C11H17ClO2/c1-4-5-6-7-11(2,3)14-9-10(13)8-12/h4,10,13H,1,5,8-9H2,2-3H3. The average Bonchev–Trinajstić information content (AvgIpc) is 2.14. The minimum absolute atomic E-state index is 0.177. The van der Waals surface area contributed by atoms with Crippen LogP contribution in [0.15, 0.2) is 12.7 Å². The van der Waals surface area contributed by atoms with E-state index in [0.717, 1.165) is 0 Å². The molecule has 0 aliphatic carbocycles. The molecule has 0 aromatic rings. The van der Waals surface area contributed by atoms with Crippen LogP contribution in [0.1, 0.15) is 20.3 Å². The summed E-state index contributed by atoms with van der Waals surface area (Å²) in [6.45, 7) is 7.48. The van der Waals surface area contributed by atoms with E-state index in [-0.39, 0.29) is 12.5 Å². The second kappa shape index (κ2) is 6.89. The molecule has 0 aliphatic rings. The Kier molecular flexibility index (Phi) is 6.65. The van der Waals surface area contributed by atoms with Gasteiger partial charge in [-0.3, -0.25) is 0 Å². The number of hydrogen-bond acceptors (Lipinski definition) is 2. The van der Waals surface area contributed by atoms with Gasteiger partial charge in [0.15, 0.2) is 0 Å². The van der Waals surface area contributed by atoms with Crippen molar-refractivity contribution in [2.75, 3.05) is 12.5 Å². The Morgan fingerprint density at radius 3 is 2.79 bits per heavy atom. The average molecular weight is 217 g/mol. The quantitative estimate of drug-likeness (QED) is 0.433. The lowest BCUT2D eigenvalue weighted by Gasteiger charge is -2.20. The first-order valence-electron chi connectivity index (χ1n) is 4.50. The molecule has 0 rings (SSSR count). The van der Waals surface area contributed by atoms with E-state index in [2.05, 4.69) is 18.4 Å². The summed E-state index contributed by atoms with van der Waals surface area (Å²) in [6, 6.07) is 0. The molecule has 0 bridgehead atoms. The lowest BCUT2D eigenvalue weighted by molar-refractivity contribution is -0.0208. The van der Waals surface area contributed by atoms with Crippen LogP contribution in [0.4, 0.5) is 0 Å². The SMILES string of the molecule is C=CCC#CC(C)(C)OCC(O)CCl. The van der Waals surface area contributed by atoms with Gasteiger partial charge in [-0.2, -0.15) is 0 Å². The Labute approximate surface area is 90.9 Å². The Morgan fingerprint density at radius 2 is 2.29 bits per heavy atom. The van der Waals surface area contributed by atoms with Gasteiger partial charge in [-0.15, -0.1) is 18.2 Å². The van der Waals surface area contributed by atoms with Gasteiger partial charge in [-0.25, -0.2) is 0 Å². The Hall–Kier alpha value is -0.490. The first-order valence-corrected chi connectivity index (χ1v) is 5.04. The molecule has 0 saturated heterocycles. The van der Waals surface area contributed by atoms with Gasteiger partial charge in [0.05, 0.1) is 18.6 Å². The first-order chi connectivity index (χ1) is 6.52. The van der Waals surface area contributed by atoms with Crippen LogP contribution in [0.5, 0.6) is 0 Å². The molecule has 0 aliphatic heterocycles. The number of rotatable bonds is 5. The molecule has 0 heterocycles. The van der Waals surface area contributed by atoms with E-state index in [1.54, 1.807) is 6.08 Å². The highest BCUT2D eigenvalue weighted by atomic mass is 35.5. The van der Waals surface area contributed by atoms with Crippen molar-refractivity contribution in [3.05, 3.63) is 12.7 Å². The molecule has 1 unspecified atom stereocenters. The highest BCUT2D eigenvalue weighted by molar-refractivity contribution is 6.18. The maximum atomic E-state index is 9.17. The third-order valence-electron chi connectivity index (χ3n) is 1.45. The van der Waals surface area contributed by atoms with Gasteiger partial charge in [0, 0.05) is 6.42 Å². The van der Waals surface area contributed by atoms with E-state index in [4.69, 9.17) is 16.3 Å². The van der Waals surface area contributed by atoms with Crippen LogP contribution in [-0.4, -0.2) is 29.3 Å². The van der Waals surface area contributed by atoms with Crippen LogP contribution < -0.4 is 0 Å². The van der Waals surface area contributed by atoms with E-state index in [1.807, 2.05) is 13.8 Å². The lowest BCUT2D eigenvalue weighted by atomic mass is 10.1. The second-order valence-electron chi connectivity index (χ2n) is 3.42. The molecule has 14 heavy (non-hydrogen) atoms. The smallest absolute Gasteiger partial charge is 0.123 e. The second-order valence-corrected chi connectivity index (χ2v) is 3.73. The number of ether oxygens (including phenoxy) is 1. The molecule has 0 radical (unpaired) electrons. The van der Waals surface area contributed by atoms with Gasteiger partial charge in [-0.1, -0.05) is 17.9 Å². The van der Waals surface area contributed by atoms with E-state index < -0.39 is 11.7 Å². The van der Waals surface area contributed by atoms with Gasteiger partial charge in [-0.05, 0) is 13.8 Å². The third-order valence-corrected chi connectivity index (χ3v) is 1.81. The van der Waals surface area contributed by atoms with Crippen LogP contribution in [0, 0.1) is 11.8 Å². The van der Waals surface area contributed by atoms with Crippen molar-refractivity contribution in [2.24, 2.45) is 0 Å². The minimum atomic E-state index is -0.628. The third kappa shape index (κ3) is 6.97. The van der Waals surface area contributed by atoms with Crippen LogP contribution in [0.2, 0.25) is 0 Å². The first kappa shape index (κ1) is 13.5. The van der Waals surface area contributed by atoms with Crippen LogP contribution in [-0.2, 0) is 4.74 Å². The molecule has 80 valence electrons. The fraction of sp³-hybridized carbons (Fsp3) is 0.636. The summed E-state index contributed by atoms with van der Waals surface area (Å²) in [5, 5.41) is 9.17. The minimum Gasteiger partial charge on any atom is -0.389 e. The molecule has 0 aromatic carbocycles. The summed E-state index contributed by atoms with van der Waals surface area (Å²) in [5.41, 5.74) is -0.546. The maximum absolute atomic E-state index is 9.17. The number of allylic oxidation sites excluding steroid dienone is 1. The van der Waals surface area contributed by atoms with Gasteiger partial charge in [0.2, 0.25) is 0 Å². The van der Waals surface area contributed by atoms with Gasteiger partial charge >= 0.3 is 0 Å².